The van der Waals surface area contributed by atoms with Crippen molar-refractivity contribution in [2.24, 2.45) is 0 Å². The van der Waals surface area contributed by atoms with E-state index in [1.807, 2.05) is 12.1 Å². The third kappa shape index (κ3) is 5.06. The van der Waals surface area contributed by atoms with Crippen LogP contribution in [-0.2, 0) is 17.7 Å². The smallest absolute Gasteiger partial charge is 0.251 e. The van der Waals surface area contributed by atoms with Crippen LogP contribution in [0.15, 0.2) is 43.1 Å². The number of ether oxygens (including phenoxy) is 3. The van der Waals surface area contributed by atoms with Crippen molar-refractivity contribution in [1.82, 2.24) is 10.3 Å². The number of nitrogens with one attached hydrogen (secondary N) is 1. The van der Waals surface area contributed by atoms with E-state index in [0.29, 0.717) is 30.0 Å². The minimum absolute atomic E-state index is 0.187. The molecule has 0 spiro atoms. The highest BCUT2D eigenvalue weighted by molar-refractivity contribution is 5.95. The summed E-state index contributed by atoms with van der Waals surface area (Å²) in [5, 5.41) is 2.94. The fourth-order valence-corrected chi connectivity index (χ4v) is 3.27. The first-order chi connectivity index (χ1) is 14.2. The summed E-state index contributed by atoms with van der Waals surface area (Å²) in [6.45, 7) is 7.28. The van der Waals surface area contributed by atoms with Gasteiger partial charge < -0.3 is 24.4 Å². The third-order valence-corrected chi connectivity index (χ3v) is 4.78. The van der Waals surface area contributed by atoms with E-state index >= 15 is 0 Å². The number of carbonyl (C=O) groups excluding carboxylic acids is 1. The Labute approximate surface area is 171 Å². The summed E-state index contributed by atoms with van der Waals surface area (Å²) in [5.41, 5.74) is 2.29. The Hall–Kier alpha value is -3.06. The highest BCUT2D eigenvalue weighted by Crippen LogP contribution is 2.33. The number of anilines is 1. The summed E-state index contributed by atoms with van der Waals surface area (Å²) >= 11 is 0. The largest absolute Gasteiger partial charge is 0.493 e. The molecule has 7 nitrogen and oxygen atoms in total. The Morgan fingerprint density at radius 1 is 1.28 bits per heavy atom. The lowest BCUT2D eigenvalue weighted by Gasteiger charge is -2.27. The Morgan fingerprint density at radius 2 is 2.07 bits per heavy atom. The Morgan fingerprint density at radius 3 is 2.69 bits per heavy atom. The van der Waals surface area contributed by atoms with Crippen LogP contribution >= 0.6 is 0 Å². The fourth-order valence-electron chi connectivity index (χ4n) is 3.27. The van der Waals surface area contributed by atoms with Crippen molar-refractivity contribution in [2.45, 2.75) is 13.0 Å². The van der Waals surface area contributed by atoms with E-state index in [9.17, 15) is 4.79 Å². The lowest BCUT2D eigenvalue weighted by molar-refractivity contribution is 0.0950. The van der Waals surface area contributed by atoms with Gasteiger partial charge in [-0.3, -0.25) is 4.79 Å². The first-order valence-corrected chi connectivity index (χ1v) is 9.58. The number of allylic oxidation sites excluding steroid dienone is 1. The number of pyridine rings is 1. The number of carbonyl (C=O) groups is 1. The van der Waals surface area contributed by atoms with Crippen molar-refractivity contribution in [1.29, 1.82) is 0 Å². The second-order valence-corrected chi connectivity index (χ2v) is 6.67. The molecule has 1 amide bonds. The number of hydrogen-bond donors (Lipinski definition) is 1. The Kier molecular flexibility index (Phi) is 7.08. The van der Waals surface area contributed by atoms with Crippen molar-refractivity contribution in [3.05, 3.63) is 59.8 Å². The SMILES string of the molecule is C=CCc1cc(C(=O)NCc2ccc(N3CCOCC3)nc2)cc(OC)c1OC. The van der Waals surface area contributed by atoms with Crippen LogP contribution in [0.1, 0.15) is 21.5 Å². The molecule has 0 unspecified atom stereocenters. The van der Waals surface area contributed by atoms with E-state index in [1.54, 1.807) is 38.6 Å². The highest BCUT2D eigenvalue weighted by atomic mass is 16.5. The molecular formula is C22H27N3O4. The van der Waals surface area contributed by atoms with Crippen LogP contribution in [-0.4, -0.2) is 51.4 Å². The molecule has 7 heteroatoms. The molecule has 1 aliphatic rings. The van der Waals surface area contributed by atoms with Crippen LogP contribution in [0.25, 0.3) is 0 Å². The van der Waals surface area contributed by atoms with Gasteiger partial charge in [-0.25, -0.2) is 4.98 Å². The minimum Gasteiger partial charge on any atom is -0.493 e. The lowest BCUT2D eigenvalue weighted by atomic mass is 10.0. The van der Waals surface area contributed by atoms with Crippen LogP contribution in [0, 0.1) is 0 Å². The van der Waals surface area contributed by atoms with Crippen molar-refractivity contribution in [3.63, 3.8) is 0 Å². The lowest BCUT2D eigenvalue weighted by Crippen LogP contribution is -2.36. The van der Waals surface area contributed by atoms with Crippen LogP contribution in [0.2, 0.25) is 0 Å². The van der Waals surface area contributed by atoms with Gasteiger partial charge in [0.1, 0.15) is 5.82 Å². The molecule has 1 N–H and O–H groups in total. The van der Waals surface area contributed by atoms with Gasteiger partial charge in [-0.05, 0) is 30.2 Å². The van der Waals surface area contributed by atoms with Gasteiger partial charge in [0.25, 0.3) is 5.91 Å². The zero-order valence-corrected chi connectivity index (χ0v) is 16.9. The molecule has 0 saturated carbocycles. The van der Waals surface area contributed by atoms with Gasteiger partial charge >= 0.3 is 0 Å². The quantitative estimate of drug-likeness (QED) is 0.691. The maximum absolute atomic E-state index is 12.7. The predicted molar refractivity (Wildman–Crippen MR) is 112 cm³/mol. The number of methoxy groups -OCH3 is 2. The second kappa shape index (κ2) is 9.93. The maximum Gasteiger partial charge on any atom is 0.251 e. The number of aromatic nitrogens is 1. The average Bonchev–Trinajstić information content (AvgIpc) is 2.78. The molecule has 1 fully saturated rings. The summed E-state index contributed by atoms with van der Waals surface area (Å²) < 4.78 is 16.2. The van der Waals surface area contributed by atoms with Gasteiger partial charge in [-0.1, -0.05) is 12.1 Å². The molecule has 2 aromatic rings. The van der Waals surface area contributed by atoms with E-state index in [0.717, 1.165) is 43.2 Å². The van der Waals surface area contributed by atoms with Gasteiger partial charge in [0, 0.05) is 37.0 Å². The number of amides is 1. The molecule has 0 aliphatic carbocycles. The number of morpholine rings is 1. The average molecular weight is 397 g/mol. The van der Waals surface area contributed by atoms with E-state index in [4.69, 9.17) is 14.2 Å². The van der Waals surface area contributed by atoms with Gasteiger partial charge in [0.05, 0.1) is 27.4 Å². The predicted octanol–water partition coefficient (Wildman–Crippen LogP) is 2.59. The van der Waals surface area contributed by atoms with Crippen molar-refractivity contribution in [2.75, 3.05) is 45.4 Å². The van der Waals surface area contributed by atoms with E-state index in [-0.39, 0.29) is 5.91 Å². The molecule has 0 atom stereocenters. The Balaban J connectivity index is 1.67. The number of nitrogens with zero attached hydrogens (tertiary/aromatic N) is 2. The molecule has 29 heavy (non-hydrogen) atoms. The molecule has 1 aromatic heterocycles. The highest BCUT2D eigenvalue weighted by Gasteiger charge is 2.16. The van der Waals surface area contributed by atoms with Crippen molar-refractivity contribution in [3.8, 4) is 11.5 Å². The van der Waals surface area contributed by atoms with Gasteiger partial charge in [0.2, 0.25) is 0 Å². The van der Waals surface area contributed by atoms with E-state index in [2.05, 4.69) is 21.8 Å². The fraction of sp³-hybridized carbons (Fsp3) is 0.364. The van der Waals surface area contributed by atoms with Gasteiger partial charge in [-0.15, -0.1) is 6.58 Å². The van der Waals surface area contributed by atoms with E-state index in [1.165, 1.54) is 0 Å². The zero-order chi connectivity index (χ0) is 20.6. The monoisotopic (exact) mass is 397 g/mol. The minimum atomic E-state index is -0.187. The normalized spacial score (nSPS) is 13.7. The standard InChI is InChI=1S/C22H27N3O4/c1-4-5-17-12-18(13-19(27-2)21(17)28-3)22(26)24-15-16-6-7-20(23-14-16)25-8-10-29-11-9-25/h4,6-7,12-14H,1,5,8-11,15H2,2-3H3,(H,24,26). The van der Waals surface area contributed by atoms with Crippen LogP contribution < -0.4 is 19.7 Å². The summed E-state index contributed by atoms with van der Waals surface area (Å²) in [6, 6.07) is 7.44. The molecule has 0 bridgehead atoms. The van der Waals surface area contributed by atoms with Gasteiger partial charge in [-0.2, -0.15) is 0 Å². The number of rotatable bonds is 8. The molecule has 154 valence electrons. The Bertz CT molecular complexity index is 846. The van der Waals surface area contributed by atoms with Gasteiger partial charge in [0.15, 0.2) is 11.5 Å². The number of hydrogen-bond acceptors (Lipinski definition) is 6. The molecule has 1 aromatic carbocycles. The topological polar surface area (TPSA) is 72.9 Å². The zero-order valence-electron chi connectivity index (χ0n) is 16.9. The summed E-state index contributed by atoms with van der Waals surface area (Å²) in [6.07, 6.45) is 4.14. The third-order valence-electron chi connectivity index (χ3n) is 4.78. The second-order valence-electron chi connectivity index (χ2n) is 6.67. The maximum atomic E-state index is 12.7. The number of benzene rings is 1. The van der Waals surface area contributed by atoms with E-state index < -0.39 is 0 Å². The van der Waals surface area contributed by atoms with Crippen molar-refractivity contribution >= 4 is 11.7 Å². The molecule has 1 aliphatic heterocycles. The molecule has 0 radical (unpaired) electrons. The molecular weight excluding hydrogens is 370 g/mol. The first kappa shape index (κ1) is 20.7. The molecule has 1 saturated heterocycles. The van der Waals surface area contributed by atoms with Crippen LogP contribution in [0.5, 0.6) is 11.5 Å². The van der Waals surface area contributed by atoms with Crippen LogP contribution in [0.4, 0.5) is 5.82 Å². The molecule has 2 heterocycles. The summed E-state index contributed by atoms with van der Waals surface area (Å²) in [7, 11) is 3.14. The first-order valence-electron chi connectivity index (χ1n) is 9.58. The summed E-state index contributed by atoms with van der Waals surface area (Å²) in [4.78, 5) is 19.4. The molecule has 3 rings (SSSR count). The van der Waals surface area contributed by atoms with Crippen LogP contribution in [0.3, 0.4) is 0 Å². The van der Waals surface area contributed by atoms with Crippen molar-refractivity contribution < 1.29 is 19.0 Å². The summed E-state index contributed by atoms with van der Waals surface area (Å²) in [5.74, 6) is 1.88.